The van der Waals surface area contributed by atoms with Gasteiger partial charge in [-0.25, -0.2) is 9.59 Å². The maximum atomic E-state index is 12.1. The van der Waals surface area contributed by atoms with Crippen molar-refractivity contribution in [2.24, 2.45) is 10.8 Å². The summed E-state index contributed by atoms with van der Waals surface area (Å²) in [4.78, 5) is 38.7. The Labute approximate surface area is 201 Å². The zero-order valence-electron chi connectivity index (χ0n) is 22.0. The van der Waals surface area contributed by atoms with Crippen LogP contribution >= 0.6 is 0 Å². The molecule has 1 aliphatic heterocycles. The van der Waals surface area contributed by atoms with E-state index in [1.54, 1.807) is 4.90 Å². The lowest BCUT2D eigenvalue weighted by atomic mass is 9.81. The number of rotatable bonds is 18. The Kier molecular flexibility index (Phi) is 12.4. The van der Waals surface area contributed by atoms with Crippen LogP contribution in [0.25, 0.3) is 0 Å². The van der Waals surface area contributed by atoms with Crippen LogP contribution in [0, 0.1) is 10.8 Å². The van der Waals surface area contributed by atoms with E-state index in [2.05, 4.69) is 34.6 Å². The van der Waals surface area contributed by atoms with E-state index in [9.17, 15) is 19.5 Å². The van der Waals surface area contributed by atoms with Crippen molar-refractivity contribution in [2.45, 2.75) is 112 Å². The van der Waals surface area contributed by atoms with Gasteiger partial charge < -0.3 is 14.7 Å². The van der Waals surface area contributed by atoms with Crippen LogP contribution < -0.4 is 0 Å². The summed E-state index contributed by atoms with van der Waals surface area (Å²) in [6, 6.07) is -0.157. The van der Waals surface area contributed by atoms with Crippen LogP contribution in [0.4, 0.5) is 4.79 Å². The summed E-state index contributed by atoms with van der Waals surface area (Å²) in [7, 11) is 0. The topological polar surface area (TPSA) is 87.2 Å². The molecule has 0 aromatic heterocycles. The molecular formula is C26H48N2O5. The number of unbranched alkanes of at least 4 members (excludes halogenated alkanes) is 3. The molecule has 1 fully saturated rings. The normalized spacial score (nSPS) is 16.1. The minimum Gasteiger partial charge on any atom is -0.479 e. The van der Waals surface area contributed by atoms with Gasteiger partial charge >= 0.3 is 12.0 Å². The third-order valence-corrected chi connectivity index (χ3v) is 6.78. The van der Waals surface area contributed by atoms with E-state index in [1.807, 2.05) is 6.92 Å². The summed E-state index contributed by atoms with van der Waals surface area (Å²) >= 11 is 0. The number of carboxylic acid groups (broad SMARTS) is 1. The van der Waals surface area contributed by atoms with Gasteiger partial charge in [-0.3, -0.25) is 9.69 Å². The van der Waals surface area contributed by atoms with Gasteiger partial charge in [0.25, 0.3) is 0 Å². The monoisotopic (exact) mass is 468 g/mol. The minimum absolute atomic E-state index is 0.0276. The number of urea groups is 1. The Morgan fingerprint density at radius 1 is 0.970 bits per heavy atom. The van der Waals surface area contributed by atoms with Gasteiger partial charge in [0, 0.05) is 19.7 Å². The smallest absolute Gasteiger partial charge is 0.332 e. The molecule has 1 rings (SSSR count). The van der Waals surface area contributed by atoms with E-state index in [4.69, 9.17) is 4.74 Å². The predicted octanol–water partition coefficient (Wildman–Crippen LogP) is 5.71. The Morgan fingerprint density at radius 2 is 1.58 bits per heavy atom. The number of imide groups is 1. The van der Waals surface area contributed by atoms with Crippen LogP contribution in [0.5, 0.6) is 0 Å². The van der Waals surface area contributed by atoms with Gasteiger partial charge in [0.15, 0.2) is 6.10 Å². The number of nitrogens with zero attached hydrogens (tertiary/aromatic N) is 2. The molecule has 1 unspecified atom stereocenters. The molecule has 1 aliphatic rings. The number of aliphatic carboxylic acids is 1. The van der Waals surface area contributed by atoms with Crippen molar-refractivity contribution >= 4 is 17.9 Å². The molecule has 0 spiro atoms. The molecule has 1 N–H and O–H groups in total. The number of carbonyl (C=O) groups excluding carboxylic acids is 2. The predicted molar refractivity (Wildman–Crippen MR) is 131 cm³/mol. The summed E-state index contributed by atoms with van der Waals surface area (Å²) in [6.07, 6.45) is 8.78. The molecule has 1 saturated heterocycles. The van der Waals surface area contributed by atoms with E-state index in [-0.39, 0.29) is 29.3 Å². The van der Waals surface area contributed by atoms with Crippen LogP contribution in [-0.4, -0.2) is 65.2 Å². The third-order valence-electron chi connectivity index (χ3n) is 6.78. The quantitative estimate of drug-likeness (QED) is 0.205. The third kappa shape index (κ3) is 10.9. The van der Waals surface area contributed by atoms with E-state index >= 15 is 0 Å². The minimum atomic E-state index is -0.864. The van der Waals surface area contributed by atoms with E-state index in [1.165, 1.54) is 4.90 Å². The van der Waals surface area contributed by atoms with Gasteiger partial charge in [0.1, 0.15) is 6.54 Å². The first-order chi connectivity index (χ1) is 15.4. The molecule has 0 aliphatic carbocycles. The molecule has 0 aromatic carbocycles. The molecule has 0 bridgehead atoms. The number of hydrogen-bond acceptors (Lipinski definition) is 4. The van der Waals surface area contributed by atoms with Crippen LogP contribution in [-0.2, 0) is 14.3 Å². The zero-order valence-corrected chi connectivity index (χ0v) is 22.0. The lowest BCUT2D eigenvalue weighted by molar-refractivity contribution is -0.152. The Bertz CT molecular complexity index is 632. The molecule has 7 heteroatoms. The average Bonchev–Trinajstić information content (AvgIpc) is 3.01. The highest BCUT2D eigenvalue weighted by Gasteiger charge is 2.34. The Morgan fingerprint density at radius 3 is 2.12 bits per heavy atom. The molecule has 0 aromatic rings. The van der Waals surface area contributed by atoms with Gasteiger partial charge in [-0.05, 0) is 56.3 Å². The highest BCUT2D eigenvalue weighted by Crippen LogP contribution is 2.31. The zero-order chi connectivity index (χ0) is 25.1. The van der Waals surface area contributed by atoms with Crippen molar-refractivity contribution in [2.75, 3.05) is 26.2 Å². The lowest BCUT2D eigenvalue weighted by Gasteiger charge is -2.28. The van der Waals surface area contributed by atoms with Crippen molar-refractivity contribution in [3.63, 3.8) is 0 Å². The standard InChI is InChI=1S/C26H48N2O5/c1-7-9-14-26(5,6)19-21(23(30)31)33-18-13-11-16-25(3,4)15-10-12-17-28-22(29)20-27(8-2)24(28)32/h21H,7-20H2,1-6H3,(H,30,31). The van der Waals surface area contributed by atoms with E-state index in [0.717, 1.165) is 57.8 Å². The highest BCUT2D eigenvalue weighted by atomic mass is 16.5. The van der Waals surface area contributed by atoms with Crippen LogP contribution in [0.3, 0.4) is 0 Å². The number of likely N-dealkylation sites (N-methyl/N-ethyl adjacent to an activating group) is 1. The van der Waals surface area contributed by atoms with Crippen molar-refractivity contribution < 1.29 is 24.2 Å². The summed E-state index contributed by atoms with van der Waals surface area (Å²) in [5.74, 6) is -0.952. The van der Waals surface area contributed by atoms with Crippen molar-refractivity contribution in [1.82, 2.24) is 9.80 Å². The number of hydrogen-bond donors (Lipinski definition) is 1. The fourth-order valence-corrected chi connectivity index (χ4v) is 4.47. The molecule has 192 valence electrons. The SMILES string of the molecule is CCCCC(C)(C)CC(OCCCCC(C)(C)CCCCN1C(=O)CN(CC)C1=O)C(=O)O. The largest absolute Gasteiger partial charge is 0.479 e. The molecular weight excluding hydrogens is 420 g/mol. The second-order valence-electron chi connectivity index (χ2n) is 11.1. The van der Waals surface area contributed by atoms with Crippen LogP contribution in [0.15, 0.2) is 0 Å². The molecule has 1 heterocycles. The fraction of sp³-hybridized carbons (Fsp3) is 0.885. The Balaban J connectivity index is 2.26. The number of carbonyl (C=O) groups is 3. The fourth-order valence-electron chi connectivity index (χ4n) is 4.47. The average molecular weight is 469 g/mol. The Hall–Kier alpha value is -1.63. The van der Waals surface area contributed by atoms with Gasteiger partial charge in [0.05, 0.1) is 0 Å². The second kappa shape index (κ2) is 13.9. The van der Waals surface area contributed by atoms with Gasteiger partial charge in [0.2, 0.25) is 5.91 Å². The summed E-state index contributed by atoms with van der Waals surface area (Å²) in [5.41, 5.74) is 0.142. The number of amides is 3. The summed E-state index contributed by atoms with van der Waals surface area (Å²) in [5, 5.41) is 9.54. The first kappa shape index (κ1) is 29.4. The number of carboxylic acids is 1. The van der Waals surface area contributed by atoms with E-state index < -0.39 is 12.1 Å². The number of ether oxygens (including phenoxy) is 1. The summed E-state index contributed by atoms with van der Waals surface area (Å²) < 4.78 is 5.75. The van der Waals surface area contributed by atoms with Gasteiger partial charge in [-0.1, -0.05) is 60.3 Å². The molecule has 3 amide bonds. The van der Waals surface area contributed by atoms with Crippen LogP contribution in [0.2, 0.25) is 0 Å². The van der Waals surface area contributed by atoms with Crippen molar-refractivity contribution in [3.8, 4) is 0 Å². The molecule has 0 saturated carbocycles. The van der Waals surface area contributed by atoms with E-state index in [0.29, 0.717) is 26.1 Å². The van der Waals surface area contributed by atoms with Crippen molar-refractivity contribution in [1.29, 1.82) is 0 Å². The first-order valence-electron chi connectivity index (χ1n) is 12.9. The van der Waals surface area contributed by atoms with Gasteiger partial charge in [-0.2, -0.15) is 0 Å². The second-order valence-corrected chi connectivity index (χ2v) is 11.1. The van der Waals surface area contributed by atoms with Gasteiger partial charge in [-0.15, -0.1) is 0 Å². The first-order valence-corrected chi connectivity index (χ1v) is 12.9. The molecule has 33 heavy (non-hydrogen) atoms. The molecule has 0 radical (unpaired) electrons. The summed E-state index contributed by atoms with van der Waals surface area (Å²) in [6.45, 7) is 14.5. The van der Waals surface area contributed by atoms with Crippen molar-refractivity contribution in [3.05, 3.63) is 0 Å². The maximum Gasteiger partial charge on any atom is 0.332 e. The van der Waals surface area contributed by atoms with Crippen LogP contribution in [0.1, 0.15) is 106 Å². The highest BCUT2D eigenvalue weighted by molar-refractivity contribution is 6.01. The lowest BCUT2D eigenvalue weighted by Crippen LogP contribution is -2.33. The maximum absolute atomic E-state index is 12.1. The molecule has 7 nitrogen and oxygen atoms in total. The molecule has 1 atom stereocenters.